The Hall–Kier alpha value is -1.10. The van der Waals surface area contributed by atoms with Crippen LogP contribution < -0.4 is 10.6 Å². The van der Waals surface area contributed by atoms with Gasteiger partial charge in [0.2, 0.25) is 0 Å². The quantitative estimate of drug-likeness (QED) is 0.500. The Balaban J connectivity index is 1.87. The van der Waals surface area contributed by atoms with Crippen molar-refractivity contribution < 1.29 is 0 Å². The summed E-state index contributed by atoms with van der Waals surface area (Å²) in [5.41, 5.74) is 0. The Morgan fingerprint density at radius 2 is 2.19 bits per heavy atom. The Labute approximate surface area is 102 Å². The van der Waals surface area contributed by atoms with E-state index in [1.807, 2.05) is 13.2 Å². The highest BCUT2D eigenvalue weighted by Crippen LogP contribution is 2.03. The van der Waals surface area contributed by atoms with Crippen LogP contribution in [0.2, 0.25) is 0 Å². The van der Waals surface area contributed by atoms with Crippen molar-refractivity contribution in [2.24, 2.45) is 0 Å². The van der Waals surface area contributed by atoms with Gasteiger partial charge in [-0.05, 0) is 25.1 Å². The van der Waals surface area contributed by atoms with Crippen molar-refractivity contribution >= 4 is 17.3 Å². The lowest BCUT2D eigenvalue weighted by Crippen LogP contribution is -2.32. The molecule has 1 heterocycles. The maximum Gasteiger partial charge on any atom is 0.166 e. The van der Waals surface area contributed by atoms with Crippen molar-refractivity contribution in [3.8, 4) is 0 Å². The van der Waals surface area contributed by atoms with Gasteiger partial charge in [-0.1, -0.05) is 12.8 Å². The third kappa shape index (κ3) is 5.70. The molecule has 1 aromatic heterocycles. The van der Waals surface area contributed by atoms with E-state index in [4.69, 9.17) is 12.2 Å². The molecule has 5 heteroatoms. The first kappa shape index (κ1) is 13.0. The lowest BCUT2D eigenvalue weighted by atomic mass is 10.1. The van der Waals surface area contributed by atoms with Crippen molar-refractivity contribution in [1.82, 2.24) is 20.6 Å². The van der Waals surface area contributed by atoms with Gasteiger partial charge in [0.25, 0.3) is 0 Å². The van der Waals surface area contributed by atoms with Gasteiger partial charge in [-0.2, -0.15) is 0 Å². The molecule has 3 N–H and O–H groups in total. The molecule has 0 fully saturated rings. The molecule has 0 aliphatic heterocycles. The van der Waals surface area contributed by atoms with Gasteiger partial charge in [-0.25, -0.2) is 4.98 Å². The Morgan fingerprint density at radius 1 is 1.38 bits per heavy atom. The molecule has 0 aromatic carbocycles. The van der Waals surface area contributed by atoms with Gasteiger partial charge >= 0.3 is 0 Å². The molecular weight excluding hydrogens is 220 g/mol. The summed E-state index contributed by atoms with van der Waals surface area (Å²) in [6.07, 6.45) is 9.57. The lowest BCUT2D eigenvalue weighted by Gasteiger charge is -2.06. The summed E-state index contributed by atoms with van der Waals surface area (Å²) in [6.45, 7) is 0.959. The highest BCUT2D eigenvalue weighted by molar-refractivity contribution is 7.80. The van der Waals surface area contributed by atoms with Gasteiger partial charge in [-0.15, -0.1) is 0 Å². The van der Waals surface area contributed by atoms with Crippen molar-refractivity contribution in [3.63, 3.8) is 0 Å². The van der Waals surface area contributed by atoms with E-state index in [2.05, 4.69) is 20.6 Å². The molecule has 0 bridgehead atoms. The fourth-order valence-corrected chi connectivity index (χ4v) is 1.60. The lowest BCUT2D eigenvalue weighted by molar-refractivity contribution is 0.623. The number of rotatable bonds is 7. The first-order chi connectivity index (χ1) is 7.83. The zero-order valence-electron chi connectivity index (χ0n) is 9.75. The minimum atomic E-state index is 0.732. The summed E-state index contributed by atoms with van der Waals surface area (Å²) >= 11 is 4.98. The van der Waals surface area contributed by atoms with Crippen LogP contribution in [-0.2, 0) is 6.42 Å². The fourth-order valence-electron chi connectivity index (χ4n) is 1.50. The second-order valence-electron chi connectivity index (χ2n) is 3.71. The zero-order chi connectivity index (χ0) is 11.6. The molecule has 0 saturated carbocycles. The van der Waals surface area contributed by atoms with Gasteiger partial charge in [-0.3, -0.25) is 0 Å². The number of H-pyrrole nitrogens is 1. The van der Waals surface area contributed by atoms with E-state index in [-0.39, 0.29) is 0 Å². The third-order valence-electron chi connectivity index (χ3n) is 2.41. The standard InChI is InChI=1S/C11H20N4S/c1-12-11(16)15-7-5-3-2-4-6-10-13-8-9-14-10/h8-9H,2-7H2,1H3,(H,13,14)(H2,12,15,16). The highest BCUT2D eigenvalue weighted by Gasteiger charge is 1.95. The summed E-state index contributed by atoms with van der Waals surface area (Å²) < 4.78 is 0. The first-order valence-corrected chi connectivity index (χ1v) is 6.17. The van der Waals surface area contributed by atoms with E-state index in [1.165, 1.54) is 25.7 Å². The van der Waals surface area contributed by atoms with Crippen LogP contribution in [-0.4, -0.2) is 28.7 Å². The maximum atomic E-state index is 4.98. The van der Waals surface area contributed by atoms with Crippen molar-refractivity contribution in [2.45, 2.75) is 32.1 Å². The van der Waals surface area contributed by atoms with E-state index in [0.717, 1.165) is 23.9 Å². The number of aromatic amines is 1. The molecule has 0 aliphatic rings. The van der Waals surface area contributed by atoms with Crippen molar-refractivity contribution in [1.29, 1.82) is 0 Å². The second-order valence-corrected chi connectivity index (χ2v) is 4.11. The topological polar surface area (TPSA) is 52.7 Å². The predicted octanol–water partition coefficient (Wildman–Crippen LogP) is 1.61. The number of hydrogen-bond donors (Lipinski definition) is 3. The van der Waals surface area contributed by atoms with Gasteiger partial charge in [0.05, 0.1) is 0 Å². The first-order valence-electron chi connectivity index (χ1n) is 5.77. The molecule has 0 amide bonds. The number of thiocarbonyl (C=S) groups is 1. The minimum absolute atomic E-state index is 0.732. The van der Waals surface area contributed by atoms with Crippen LogP contribution in [0, 0.1) is 0 Å². The van der Waals surface area contributed by atoms with E-state index in [9.17, 15) is 0 Å². The van der Waals surface area contributed by atoms with Gasteiger partial charge in [0.15, 0.2) is 5.11 Å². The van der Waals surface area contributed by atoms with Crippen LogP contribution in [0.15, 0.2) is 12.4 Å². The van der Waals surface area contributed by atoms with E-state index < -0.39 is 0 Å². The molecule has 0 aliphatic carbocycles. The number of nitrogens with zero attached hydrogens (tertiary/aromatic N) is 1. The molecule has 0 saturated heterocycles. The average Bonchev–Trinajstić information content (AvgIpc) is 2.80. The molecule has 16 heavy (non-hydrogen) atoms. The number of nitrogens with one attached hydrogen (secondary N) is 3. The molecule has 0 atom stereocenters. The molecule has 4 nitrogen and oxygen atoms in total. The fraction of sp³-hybridized carbons (Fsp3) is 0.636. The minimum Gasteiger partial charge on any atom is -0.366 e. The van der Waals surface area contributed by atoms with Gasteiger partial charge in [0.1, 0.15) is 5.82 Å². The maximum absolute atomic E-state index is 4.98. The van der Waals surface area contributed by atoms with Crippen molar-refractivity contribution in [3.05, 3.63) is 18.2 Å². The smallest absolute Gasteiger partial charge is 0.166 e. The van der Waals surface area contributed by atoms with E-state index in [1.54, 1.807) is 6.20 Å². The third-order valence-corrected chi connectivity index (χ3v) is 2.76. The number of hydrogen-bond acceptors (Lipinski definition) is 2. The molecule has 90 valence electrons. The molecule has 1 aromatic rings. The predicted molar refractivity (Wildman–Crippen MR) is 70.4 cm³/mol. The van der Waals surface area contributed by atoms with Crippen LogP contribution >= 0.6 is 12.2 Å². The van der Waals surface area contributed by atoms with Crippen LogP contribution in [0.25, 0.3) is 0 Å². The number of unbranched alkanes of at least 4 members (excludes halogenated alkanes) is 3. The molecular formula is C11H20N4S. The van der Waals surface area contributed by atoms with Crippen LogP contribution in [0.4, 0.5) is 0 Å². The Kier molecular flexibility index (Phi) is 6.56. The van der Waals surface area contributed by atoms with Crippen LogP contribution in [0.5, 0.6) is 0 Å². The van der Waals surface area contributed by atoms with Crippen LogP contribution in [0.3, 0.4) is 0 Å². The Bertz CT molecular complexity index is 284. The summed E-state index contributed by atoms with van der Waals surface area (Å²) in [7, 11) is 1.83. The Morgan fingerprint density at radius 3 is 2.88 bits per heavy atom. The molecule has 1 rings (SSSR count). The monoisotopic (exact) mass is 240 g/mol. The van der Waals surface area contributed by atoms with Gasteiger partial charge < -0.3 is 15.6 Å². The normalized spacial score (nSPS) is 10.1. The largest absolute Gasteiger partial charge is 0.366 e. The SMILES string of the molecule is CNC(=S)NCCCCCCc1ncc[nH]1. The summed E-state index contributed by atoms with van der Waals surface area (Å²) in [5, 5.41) is 6.76. The second kappa shape index (κ2) is 8.10. The summed E-state index contributed by atoms with van der Waals surface area (Å²) in [6, 6.07) is 0. The molecule has 0 radical (unpaired) electrons. The zero-order valence-corrected chi connectivity index (χ0v) is 10.6. The number of aryl methyl sites for hydroxylation is 1. The highest BCUT2D eigenvalue weighted by atomic mass is 32.1. The van der Waals surface area contributed by atoms with Gasteiger partial charge in [0, 0.05) is 32.4 Å². The van der Waals surface area contributed by atoms with Crippen LogP contribution in [0.1, 0.15) is 31.5 Å². The average molecular weight is 240 g/mol. The summed E-state index contributed by atoms with van der Waals surface area (Å²) in [5.74, 6) is 1.09. The van der Waals surface area contributed by atoms with E-state index >= 15 is 0 Å². The number of imidazole rings is 1. The van der Waals surface area contributed by atoms with E-state index in [0.29, 0.717) is 0 Å². The summed E-state index contributed by atoms with van der Waals surface area (Å²) in [4.78, 5) is 7.30. The van der Waals surface area contributed by atoms with Crippen molar-refractivity contribution in [2.75, 3.05) is 13.6 Å². The number of aromatic nitrogens is 2. The molecule has 0 unspecified atom stereocenters. The molecule has 0 spiro atoms.